The van der Waals surface area contributed by atoms with E-state index >= 15 is 0 Å². The number of pyridine rings is 1. The Kier molecular flexibility index (Phi) is 4.79. The number of hydrogen-bond donors (Lipinski definition) is 2. The predicted molar refractivity (Wildman–Crippen MR) is 86.5 cm³/mol. The summed E-state index contributed by atoms with van der Waals surface area (Å²) in [6.07, 6.45) is 3.25. The van der Waals surface area contributed by atoms with Crippen molar-refractivity contribution < 1.29 is 4.74 Å². The second-order valence-corrected chi connectivity index (χ2v) is 4.32. The van der Waals surface area contributed by atoms with Gasteiger partial charge in [0, 0.05) is 19.4 Å². The van der Waals surface area contributed by atoms with Crippen LogP contribution in [0.3, 0.4) is 0 Å². The molecule has 0 aromatic carbocycles. The van der Waals surface area contributed by atoms with E-state index in [1.165, 1.54) is 17.9 Å². The molecule has 0 atom stereocenters. The first-order chi connectivity index (χ1) is 11.1. The maximum absolute atomic E-state index is 12.1. The number of ether oxygens (including phenoxy) is 1. The van der Waals surface area contributed by atoms with Gasteiger partial charge in [0.1, 0.15) is 11.4 Å². The summed E-state index contributed by atoms with van der Waals surface area (Å²) in [7, 11) is 3.25. The maximum atomic E-state index is 12.1. The lowest BCUT2D eigenvalue weighted by molar-refractivity contribution is 0.412. The quantitative estimate of drug-likeness (QED) is 0.743. The summed E-state index contributed by atoms with van der Waals surface area (Å²) in [5.74, 6) is 0.802. The van der Waals surface area contributed by atoms with E-state index in [-0.39, 0.29) is 17.2 Å². The third-order valence-electron chi connectivity index (χ3n) is 2.97. The molecule has 0 radical (unpaired) electrons. The van der Waals surface area contributed by atoms with Crippen molar-refractivity contribution in [2.75, 3.05) is 12.8 Å². The van der Waals surface area contributed by atoms with Gasteiger partial charge in [-0.3, -0.25) is 14.0 Å². The van der Waals surface area contributed by atoms with Gasteiger partial charge in [0.05, 0.1) is 7.11 Å². The molecule has 0 aliphatic rings. The summed E-state index contributed by atoms with van der Waals surface area (Å²) >= 11 is 0. The Morgan fingerprint density at radius 1 is 1.26 bits per heavy atom. The third kappa shape index (κ3) is 2.93. The lowest BCUT2D eigenvalue weighted by Gasteiger charge is -2.10. The van der Waals surface area contributed by atoms with Crippen LogP contribution in [0.4, 0.5) is 5.95 Å². The summed E-state index contributed by atoms with van der Waals surface area (Å²) in [4.78, 5) is 14.7. The summed E-state index contributed by atoms with van der Waals surface area (Å²) in [6, 6.07) is 3.38. The van der Waals surface area contributed by atoms with Gasteiger partial charge in [0.15, 0.2) is 11.5 Å². The summed E-state index contributed by atoms with van der Waals surface area (Å²) < 4.78 is 8.26. The number of H-pyrrole nitrogens is 1. The molecule has 0 unspecified atom stereocenters. The SMILES string of the molecule is CC.COc1cc[nH]c(=O)c1-n1c(N)nnc1-c1ccn(C)n1. The molecular formula is C14H19N7O2. The van der Waals surface area contributed by atoms with Crippen LogP contribution in [-0.4, -0.2) is 36.6 Å². The first-order valence-corrected chi connectivity index (χ1v) is 7.08. The molecule has 23 heavy (non-hydrogen) atoms. The van der Waals surface area contributed by atoms with Crippen LogP contribution in [0.25, 0.3) is 17.2 Å². The van der Waals surface area contributed by atoms with E-state index in [9.17, 15) is 4.79 Å². The first-order valence-electron chi connectivity index (χ1n) is 7.08. The van der Waals surface area contributed by atoms with Gasteiger partial charge in [-0.1, -0.05) is 13.8 Å². The van der Waals surface area contributed by atoms with Crippen LogP contribution in [0.1, 0.15) is 13.8 Å². The Morgan fingerprint density at radius 2 is 2.00 bits per heavy atom. The van der Waals surface area contributed by atoms with Gasteiger partial charge in [0.2, 0.25) is 5.95 Å². The highest BCUT2D eigenvalue weighted by Gasteiger charge is 2.21. The monoisotopic (exact) mass is 317 g/mol. The summed E-state index contributed by atoms with van der Waals surface area (Å²) in [5, 5.41) is 12.1. The van der Waals surface area contributed by atoms with Crippen molar-refractivity contribution in [3.63, 3.8) is 0 Å². The molecule has 122 valence electrons. The second kappa shape index (κ2) is 6.77. The zero-order valence-corrected chi connectivity index (χ0v) is 13.4. The zero-order chi connectivity index (χ0) is 17.0. The van der Waals surface area contributed by atoms with Crippen LogP contribution in [0.5, 0.6) is 5.75 Å². The molecule has 0 bridgehead atoms. The number of nitrogen functional groups attached to an aromatic ring is 1. The highest BCUT2D eigenvalue weighted by atomic mass is 16.5. The molecular weight excluding hydrogens is 298 g/mol. The van der Waals surface area contributed by atoms with Crippen LogP contribution in [0.2, 0.25) is 0 Å². The standard InChI is InChI=1S/C12H13N7O2.C2H6/c1-18-6-4-7(17-18)10-15-16-12(13)19(10)9-8(21-2)3-5-14-11(9)20;1-2/h3-6H,1-2H3,(H2,13,16)(H,14,20);1-2H3. The lowest BCUT2D eigenvalue weighted by atomic mass is 10.3. The number of aromatic nitrogens is 6. The predicted octanol–water partition coefficient (Wildman–Crippen LogP) is 0.973. The van der Waals surface area contributed by atoms with Crippen LogP contribution in [0, 0.1) is 0 Å². The van der Waals surface area contributed by atoms with Gasteiger partial charge in [-0.25, -0.2) is 0 Å². The minimum Gasteiger partial charge on any atom is -0.494 e. The fraction of sp³-hybridized carbons (Fsp3) is 0.286. The van der Waals surface area contributed by atoms with E-state index in [4.69, 9.17) is 10.5 Å². The molecule has 0 saturated heterocycles. The number of nitrogens with one attached hydrogen (secondary N) is 1. The lowest BCUT2D eigenvalue weighted by Crippen LogP contribution is -2.17. The molecule has 0 saturated carbocycles. The molecule has 9 nitrogen and oxygen atoms in total. The third-order valence-corrected chi connectivity index (χ3v) is 2.97. The van der Waals surface area contributed by atoms with Gasteiger partial charge in [-0.2, -0.15) is 5.10 Å². The van der Waals surface area contributed by atoms with E-state index in [1.54, 1.807) is 30.1 Å². The van der Waals surface area contributed by atoms with E-state index < -0.39 is 0 Å². The first kappa shape index (κ1) is 16.3. The summed E-state index contributed by atoms with van der Waals surface area (Å²) in [6.45, 7) is 4.00. The van der Waals surface area contributed by atoms with Gasteiger partial charge in [0.25, 0.3) is 5.56 Å². The minimum atomic E-state index is -0.363. The Labute approximate surface area is 132 Å². The van der Waals surface area contributed by atoms with Crippen molar-refractivity contribution in [3.05, 3.63) is 34.9 Å². The molecule has 3 heterocycles. The normalized spacial score (nSPS) is 10.1. The van der Waals surface area contributed by atoms with Crippen molar-refractivity contribution in [2.45, 2.75) is 13.8 Å². The Bertz CT molecular complexity index is 847. The Balaban J connectivity index is 0.000000924. The van der Waals surface area contributed by atoms with Gasteiger partial charge in [-0.15, -0.1) is 10.2 Å². The number of rotatable bonds is 3. The number of nitrogens with two attached hydrogens (primary N) is 1. The van der Waals surface area contributed by atoms with Crippen LogP contribution in [0.15, 0.2) is 29.3 Å². The summed E-state index contributed by atoms with van der Waals surface area (Å²) in [5.41, 5.74) is 6.25. The topological polar surface area (TPSA) is 117 Å². The van der Waals surface area contributed by atoms with Gasteiger partial charge < -0.3 is 15.5 Å². The van der Waals surface area contributed by atoms with E-state index in [1.807, 2.05) is 13.8 Å². The maximum Gasteiger partial charge on any atom is 0.276 e. The van der Waals surface area contributed by atoms with Crippen LogP contribution < -0.4 is 16.0 Å². The average molecular weight is 317 g/mol. The van der Waals surface area contributed by atoms with Crippen LogP contribution in [-0.2, 0) is 7.05 Å². The fourth-order valence-electron chi connectivity index (χ4n) is 2.05. The van der Waals surface area contributed by atoms with Crippen molar-refractivity contribution in [1.82, 2.24) is 29.5 Å². The number of methoxy groups -OCH3 is 1. The second-order valence-electron chi connectivity index (χ2n) is 4.32. The van der Waals surface area contributed by atoms with Gasteiger partial charge >= 0.3 is 0 Å². The van der Waals surface area contributed by atoms with Crippen molar-refractivity contribution in [2.24, 2.45) is 7.05 Å². The number of hydrogen-bond acceptors (Lipinski definition) is 6. The minimum absolute atomic E-state index is 0.0747. The molecule has 9 heteroatoms. The highest BCUT2D eigenvalue weighted by molar-refractivity contribution is 5.59. The molecule has 0 amide bonds. The van der Waals surface area contributed by atoms with E-state index in [0.717, 1.165) is 0 Å². The molecule has 0 fully saturated rings. The molecule has 3 rings (SSSR count). The molecule has 3 N–H and O–H groups in total. The largest absolute Gasteiger partial charge is 0.494 e. The molecule has 3 aromatic rings. The van der Waals surface area contributed by atoms with Crippen molar-refractivity contribution >= 4 is 5.95 Å². The number of aryl methyl sites for hydroxylation is 1. The number of anilines is 1. The van der Waals surface area contributed by atoms with E-state index in [2.05, 4.69) is 20.3 Å². The van der Waals surface area contributed by atoms with Crippen molar-refractivity contribution in [3.8, 4) is 23.0 Å². The molecule has 0 aliphatic heterocycles. The zero-order valence-electron chi connectivity index (χ0n) is 13.4. The number of aromatic amines is 1. The van der Waals surface area contributed by atoms with Gasteiger partial charge in [-0.05, 0) is 12.1 Å². The molecule has 3 aromatic heterocycles. The number of nitrogens with zero attached hydrogens (tertiary/aromatic N) is 5. The smallest absolute Gasteiger partial charge is 0.276 e. The average Bonchev–Trinajstić information content (AvgIpc) is 3.15. The molecule has 0 spiro atoms. The highest BCUT2D eigenvalue weighted by Crippen LogP contribution is 2.25. The van der Waals surface area contributed by atoms with Crippen molar-refractivity contribution in [1.29, 1.82) is 0 Å². The Morgan fingerprint density at radius 3 is 2.61 bits per heavy atom. The fourth-order valence-corrected chi connectivity index (χ4v) is 2.05. The van der Waals surface area contributed by atoms with E-state index in [0.29, 0.717) is 17.3 Å². The molecule has 0 aliphatic carbocycles. The Hall–Kier alpha value is -3.10. The van der Waals surface area contributed by atoms with Crippen LogP contribution >= 0.6 is 0 Å².